The largest absolute Gasteiger partial charge is 0.390 e. The Bertz CT molecular complexity index is 630. The average molecular weight is 350 g/mol. The molecule has 140 valence electrons. The van der Waals surface area contributed by atoms with E-state index in [9.17, 15) is 5.11 Å². The van der Waals surface area contributed by atoms with E-state index in [-0.39, 0.29) is 40.3 Å². The Kier molecular flexibility index (Phi) is 2.70. The van der Waals surface area contributed by atoms with Crippen LogP contribution in [-0.4, -0.2) is 55.1 Å². The standard InChI is InChI=1S/C20H30O5/c1-10-7-22-11-6-18-14-5-12(17(2,3)4)20(18)13(21)8-23-16(20)25-19(18,9-24-14)15(10)11/h10-16,21H,5-9H2,1-4H3/t10-,11?,12+,13+,14?,15?,16?,18?,19?,20?/m1/s1. The van der Waals surface area contributed by atoms with Crippen molar-refractivity contribution < 1.29 is 24.1 Å². The third-order valence-electron chi connectivity index (χ3n) is 8.96. The molecule has 2 spiro atoms. The summed E-state index contributed by atoms with van der Waals surface area (Å²) in [5.74, 6) is 1.15. The molecule has 4 saturated heterocycles. The fraction of sp³-hybridized carbons (Fsp3) is 1.00. The first-order chi connectivity index (χ1) is 11.8. The molecule has 0 radical (unpaired) electrons. The Hall–Kier alpha value is -0.200. The lowest BCUT2D eigenvalue weighted by Gasteiger charge is -2.48. The summed E-state index contributed by atoms with van der Waals surface area (Å²) in [7, 11) is 0. The number of aliphatic hydroxyl groups is 1. The van der Waals surface area contributed by atoms with Crippen molar-refractivity contribution in [1.82, 2.24) is 0 Å². The van der Waals surface area contributed by atoms with Crippen LogP contribution in [0.3, 0.4) is 0 Å². The van der Waals surface area contributed by atoms with E-state index >= 15 is 0 Å². The zero-order valence-corrected chi connectivity index (χ0v) is 15.7. The summed E-state index contributed by atoms with van der Waals surface area (Å²) in [5.41, 5.74) is -0.800. The fourth-order valence-electron chi connectivity index (χ4n) is 8.52. The Morgan fingerprint density at radius 3 is 2.64 bits per heavy atom. The molecule has 6 aliphatic rings. The molecule has 5 heteroatoms. The van der Waals surface area contributed by atoms with Gasteiger partial charge in [-0.1, -0.05) is 27.7 Å². The molecule has 0 aromatic carbocycles. The Morgan fingerprint density at radius 1 is 1.08 bits per heavy atom. The molecule has 25 heavy (non-hydrogen) atoms. The highest BCUT2D eigenvalue weighted by Gasteiger charge is 2.92. The van der Waals surface area contributed by atoms with Crippen LogP contribution < -0.4 is 0 Å². The number of hydrogen-bond donors (Lipinski definition) is 1. The van der Waals surface area contributed by atoms with Gasteiger partial charge >= 0.3 is 0 Å². The first-order valence-electron chi connectivity index (χ1n) is 10.00. The van der Waals surface area contributed by atoms with Crippen LogP contribution in [0.15, 0.2) is 0 Å². The Balaban J connectivity index is 1.61. The summed E-state index contributed by atoms with van der Waals surface area (Å²) in [6.45, 7) is 11.0. The maximum Gasteiger partial charge on any atom is 0.167 e. The molecule has 0 bridgehead atoms. The van der Waals surface area contributed by atoms with Crippen LogP contribution in [0.25, 0.3) is 0 Å². The smallest absolute Gasteiger partial charge is 0.167 e. The summed E-state index contributed by atoms with van der Waals surface area (Å²) in [6, 6.07) is 0. The molecule has 5 nitrogen and oxygen atoms in total. The Morgan fingerprint density at radius 2 is 1.88 bits per heavy atom. The number of rotatable bonds is 0. The summed E-state index contributed by atoms with van der Waals surface area (Å²) >= 11 is 0. The maximum absolute atomic E-state index is 11.3. The fourth-order valence-corrected chi connectivity index (χ4v) is 8.52. The second-order valence-electron chi connectivity index (χ2n) is 10.6. The van der Waals surface area contributed by atoms with Crippen molar-refractivity contribution in [3.05, 3.63) is 0 Å². The van der Waals surface area contributed by atoms with E-state index in [0.29, 0.717) is 31.0 Å². The summed E-state index contributed by atoms with van der Waals surface area (Å²) in [6.07, 6.45) is 1.57. The summed E-state index contributed by atoms with van der Waals surface area (Å²) in [4.78, 5) is 0. The second-order valence-corrected chi connectivity index (χ2v) is 10.6. The third-order valence-corrected chi connectivity index (χ3v) is 8.96. The van der Waals surface area contributed by atoms with Crippen molar-refractivity contribution >= 4 is 0 Å². The maximum atomic E-state index is 11.3. The predicted octanol–water partition coefficient (Wildman–Crippen LogP) is 1.96. The van der Waals surface area contributed by atoms with Crippen LogP contribution in [0.1, 0.15) is 40.5 Å². The van der Waals surface area contributed by atoms with E-state index in [1.165, 1.54) is 0 Å². The van der Waals surface area contributed by atoms with Crippen molar-refractivity contribution in [3.8, 4) is 0 Å². The quantitative estimate of drug-likeness (QED) is 0.724. The van der Waals surface area contributed by atoms with E-state index in [1.807, 2.05) is 0 Å². The van der Waals surface area contributed by atoms with Gasteiger partial charge in [-0.3, -0.25) is 0 Å². The highest BCUT2D eigenvalue weighted by molar-refractivity contribution is 5.36. The molecule has 0 aromatic heterocycles. The first kappa shape index (κ1) is 15.8. The van der Waals surface area contributed by atoms with Gasteiger partial charge in [0.15, 0.2) is 6.29 Å². The molecular weight excluding hydrogens is 320 g/mol. The van der Waals surface area contributed by atoms with Crippen LogP contribution in [0.2, 0.25) is 0 Å². The van der Waals surface area contributed by atoms with Gasteiger partial charge in [-0.15, -0.1) is 0 Å². The predicted molar refractivity (Wildman–Crippen MR) is 88.7 cm³/mol. The lowest BCUT2D eigenvalue weighted by atomic mass is 9.52. The van der Waals surface area contributed by atoms with Gasteiger partial charge in [0.25, 0.3) is 0 Å². The zero-order valence-electron chi connectivity index (χ0n) is 15.7. The number of ether oxygens (including phenoxy) is 4. The molecule has 6 fully saturated rings. The van der Waals surface area contributed by atoms with E-state index in [4.69, 9.17) is 18.9 Å². The number of aliphatic hydroxyl groups excluding tert-OH is 1. The SMILES string of the molecule is C[C@@H]1COC2CC34C5C[C@@H](C(C)(C)C)C36C(OC[C@@H]6O)OC4(CO5)C21. The number of hydrogen-bond acceptors (Lipinski definition) is 5. The minimum Gasteiger partial charge on any atom is -0.390 e. The molecule has 4 aliphatic heterocycles. The van der Waals surface area contributed by atoms with Gasteiger partial charge in [-0.25, -0.2) is 0 Å². The van der Waals surface area contributed by atoms with Gasteiger partial charge in [0.1, 0.15) is 5.60 Å². The zero-order chi connectivity index (χ0) is 17.4. The highest BCUT2D eigenvalue weighted by atomic mass is 16.7. The van der Waals surface area contributed by atoms with Crippen LogP contribution in [0, 0.1) is 34.0 Å². The van der Waals surface area contributed by atoms with E-state index in [2.05, 4.69) is 27.7 Å². The molecular formula is C20H30O5. The molecule has 2 aliphatic carbocycles. The third kappa shape index (κ3) is 1.34. The molecule has 2 saturated carbocycles. The molecule has 6 rings (SSSR count). The molecule has 1 N–H and O–H groups in total. The second kappa shape index (κ2) is 4.27. The van der Waals surface area contributed by atoms with Crippen LogP contribution in [0.5, 0.6) is 0 Å². The van der Waals surface area contributed by atoms with Crippen molar-refractivity contribution in [1.29, 1.82) is 0 Å². The van der Waals surface area contributed by atoms with Gasteiger partial charge < -0.3 is 24.1 Å². The Labute approximate surface area is 149 Å². The molecule has 7 unspecified atom stereocenters. The van der Waals surface area contributed by atoms with Crippen molar-refractivity contribution in [2.45, 2.75) is 70.7 Å². The van der Waals surface area contributed by atoms with Gasteiger partial charge in [0, 0.05) is 17.9 Å². The van der Waals surface area contributed by atoms with Gasteiger partial charge in [-0.05, 0) is 30.1 Å². The molecule has 0 aromatic rings. The first-order valence-corrected chi connectivity index (χ1v) is 10.00. The topological polar surface area (TPSA) is 57.2 Å². The van der Waals surface area contributed by atoms with E-state index in [0.717, 1.165) is 19.4 Å². The van der Waals surface area contributed by atoms with E-state index < -0.39 is 6.10 Å². The normalized spacial score (nSPS) is 64.4. The minimum absolute atomic E-state index is 0.0684. The average Bonchev–Trinajstić information content (AvgIpc) is 3.25. The minimum atomic E-state index is -0.482. The van der Waals surface area contributed by atoms with Crippen LogP contribution in [-0.2, 0) is 18.9 Å². The van der Waals surface area contributed by atoms with Crippen molar-refractivity contribution in [2.75, 3.05) is 19.8 Å². The van der Waals surface area contributed by atoms with Crippen LogP contribution >= 0.6 is 0 Å². The van der Waals surface area contributed by atoms with Gasteiger partial charge in [0.05, 0.1) is 36.9 Å². The lowest BCUT2D eigenvalue weighted by molar-refractivity contribution is -0.198. The molecule has 4 heterocycles. The van der Waals surface area contributed by atoms with E-state index in [1.54, 1.807) is 0 Å². The highest BCUT2D eigenvalue weighted by Crippen LogP contribution is 2.83. The number of fused-ring (bicyclic) bond motifs is 1. The monoisotopic (exact) mass is 350 g/mol. The van der Waals surface area contributed by atoms with Gasteiger partial charge in [0.2, 0.25) is 0 Å². The van der Waals surface area contributed by atoms with Crippen molar-refractivity contribution in [2.24, 2.45) is 34.0 Å². The molecule has 0 amide bonds. The molecule has 10 atom stereocenters. The lowest BCUT2D eigenvalue weighted by Crippen LogP contribution is -2.57. The van der Waals surface area contributed by atoms with Gasteiger partial charge in [-0.2, -0.15) is 0 Å². The summed E-state index contributed by atoms with van der Waals surface area (Å²) in [5, 5.41) is 11.3. The summed E-state index contributed by atoms with van der Waals surface area (Å²) < 4.78 is 25.6. The van der Waals surface area contributed by atoms with Crippen molar-refractivity contribution in [3.63, 3.8) is 0 Å². The van der Waals surface area contributed by atoms with Crippen LogP contribution in [0.4, 0.5) is 0 Å².